The van der Waals surface area contributed by atoms with Gasteiger partial charge in [-0.05, 0) is 92.0 Å². The first-order valence-electron chi connectivity index (χ1n) is 15.7. The van der Waals surface area contributed by atoms with Crippen LogP contribution >= 0.6 is 0 Å². The number of nitrogen functional groups attached to an aromatic ring is 1. The van der Waals surface area contributed by atoms with Gasteiger partial charge < -0.3 is 30.2 Å². The van der Waals surface area contributed by atoms with Gasteiger partial charge in [0.25, 0.3) is 0 Å². The van der Waals surface area contributed by atoms with Crippen LogP contribution in [0.3, 0.4) is 0 Å². The molecule has 4 aliphatic carbocycles. The van der Waals surface area contributed by atoms with Crippen molar-refractivity contribution >= 4 is 17.3 Å². The summed E-state index contributed by atoms with van der Waals surface area (Å²) in [7, 11) is 0. The van der Waals surface area contributed by atoms with Crippen molar-refractivity contribution in [1.82, 2.24) is 0 Å². The van der Waals surface area contributed by atoms with Gasteiger partial charge in [-0.25, -0.2) is 0 Å². The Hall–Kier alpha value is -3.30. The lowest BCUT2D eigenvalue weighted by Crippen LogP contribution is -2.63. The summed E-state index contributed by atoms with van der Waals surface area (Å²) in [4.78, 5) is 26.0. The Bertz CT molecular complexity index is 1580. The average molecular weight is 600 g/mol. The van der Waals surface area contributed by atoms with Crippen molar-refractivity contribution in [2.75, 3.05) is 12.3 Å². The number of hydrogen-bond acceptors (Lipinski definition) is 8. The number of aliphatic hydroxyl groups is 2. The lowest BCUT2D eigenvalue weighted by molar-refractivity contribution is -0.201. The number of benzene rings is 2. The third-order valence-electron chi connectivity index (χ3n) is 11.7. The molecule has 1 aliphatic heterocycles. The first-order valence-corrected chi connectivity index (χ1v) is 15.7. The van der Waals surface area contributed by atoms with E-state index in [1.54, 1.807) is 12.2 Å². The minimum atomic E-state index is -1.40. The fourth-order valence-electron chi connectivity index (χ4n) is 9.64. The van der Waals surface area contributed by atoms with Crippen LogP contribution in [-0.4, -0.2) is 46.2 Å². The van der Waals surface area contributed by atoms with Gasteiger partial charge in [-0.3, -0.25) is 9.59 Å². The maximum atomic E-state index is 13.9. The molecule has 5 aliphatic rings. The number of ether oxygens (including phenoxy) is 3. The van der Waals surface area contributed by atoms with E-state index in [4.69, 9.17) is 19.9 Å². The molecule has 0 radical (unpaired) electrons. The summed E-state index contributed by atoms with van der Waals surface area (Å²) in [6, 6.07) is 13.3. The van der Waals surface area contributed by atoms with E-state index in [2.05, 4.69) is 6.92 Å². The van der Waals surface area contributed by atoms with Gasteiger partial charge in [0.2, 0.25) is 0 Å². The third-order valence-corrected chi connectivity index (χ3v) is 11.7. The van der Waals surface area contributed by atoms with Crippen LogP contribution in [0.1, 0.15) is 62.5 Å². The Labute approximate surface area is 257 Å². The topological polar surface area (TPSA) is 128 Å². The normalized spacial score (nSPS) is 38.8. The Morgan fingerprint density at radius 2 is 2.00 bits per heavy atom. The van der Waals surface area contributed by atoms with E-state index in [0.29, 0.717) is 30.9 Å². The first kappa shape index (κ1) is 29.4. The molecule has 2 aromatic rings. The van der Waals surface area contributed by atoms with Crippen molar-refractivity contribution in [1.29, 1.82) is 0 Å². The van der Waals surface area contributed by atoms with Gasteiger partial charge >= 0.3 is 0 Å². The summed E-state index contributed by atoms with van der Waals surface area (Å²) >= 11 is 0. The number of hydrogen-bond donors (Lipinski definition) is 3. The first-order chi connectivity index (χ1) is 21.0. The molecule has 4 fully saturated rings. The van der Waals surface area contributed by atoms with Gasteiger partial charge in [-0.2, -0.15) is 0 Å². The lowest BCUT2D eigenvalue weighted by atomic mass is 9.46. The van der Waals surface area contributed by atoms with E-state index in [-0.39, 0.29) is 23.5 Å². The number of fused-ring (bicyclic) bond motifs is 7. The number of Topliss-reactive ketones (excluding diaryl/α,β-unsaturated/α-hetero) is 1. The van der Waals surface area contributed by atoms with Crippen molar-refractivity contribution in [2.24, 2.45) is 28.6 Å². The summed E-state index contributed by atoms with van der Waals surface area (Å²) in [5.74, 6) is 0.286. The number of carbonyl (C=O) groups excluding carboxylic acids is 2. The SMILES string of the molecule is Cc1ccc(OCc2cccc(N)c2)cc1[C@@H]1O[C@@H]2C[C@H]3[C@@H]4CCC5=CC(=O)C=C[C@]5(C)[C@H]4[C@@H](O)C[C@]3(C)[C@]2(C(=O)CO)O1. The molecule has 8 heteroatoms. The fraction of sp³-hybridized carbons (Fsp3) is 0.500. The third kappa shape index (κ3) is 4.18. The van der Waals surface area contributed by atoms with Crippen LogP contribution in [0.4, 0.5) is 5.69 Å². The maximum absolute atomic E-state index is 13.9. The Balaban J connectivity index is 1.19. The highest BCUT2D eigenvalue weighted by atomic mass is 16.7. The zero-order chi connectivity index (χ0) is 31.0. The number of allylic oxidation sites excluding steroid dienone is 4. The second-order valence-electron chi connectivity index (χ2n) is 13.9. The minimum Gasteiger partial charge on any atom is -0.489 e. The van der Waals surface area contributed by atoms with Crippen LogP contribution in [0, 0.1) is 35.5 Å². The molecule has 2 aromatic carbocycles. The van der Waals surface area contributed by atoms with Crippen LogP contribution in [-0.2, 0) is 25.7 Å². The van der Waals surface area contributed by atoms with E-state index in [1.807, 2.05) is 62.4 Å². The van der Waals surface area contributed by atoms with Gasteiger partial charge in [0.1, 0.15) is 19.0 Å². The fourth-order valence-corrected chi connectivity index (χ4v) is 9.64. The number of aliphatic hydroxyl groups excluding tert-OH is 2. The zero-order valence-electron chi connectivity index (χ0n) is 25.5. The van der Waals surface area contributed by atoms with E-state index in [9.17, 15) is 19.8 Å². The van der Waals surface area contributed by atoms with E-state index in [0.717, 1.165) is 35.1 Å². The van der Waals surface area contributed by atoms with Crippen molar-refractivity contribution < 1.29 is 34.0 Å². The molecule has 9 atom stereocenters. The summed E-state index contributed by atoms with van der Waals surface area (Å²) in [6.07, 6.45) is 5.73. The zero-order valence-corrected chi connectivity index (χ0v) is 25.5. The molecule has 1 heterocycles. The highest BCUT2D eigenvalue weighted by Crippen LogP contribution is 2.70. The molecule has 0 aromatic heterocycles. The number of rotatable bonds is 6. The molecule has 8 nitrogen and oxygen atoms in total. The highest BCUT2D eigenvalue weighted by molar-refractivity contribution is 6.01. The number of ketones is 2. The number of nitrogens with two attached hydrogens (primary N) is 1. The van der Waals surface area contributed by atoms with Gasteiger partial charge in [0.05, 0.1) is 12.2 Å². The number of aryl methyl sites for hydroxylation is 1. The molecule has 0 amide bonds. The van der Waals surface area contributed by atoms with E-state index in [1.165, 1.54) is 0 Å². The highest BCUT2D eigenvalue weighted by Gasteiger charge is 2.76. The van der Waals surface area contributed by atoms with E-state index < -0.39 is 47.3 Å². The average Bonchev–Trinajstić information content (AvgIpc) is 3.49. The summed E-state index contributed by atoms with van der Waals surface area (Å²) in [6.45, 7) is 5.81. The minimum absolute atomic E-state index is 0.00340. The molecule has 3 saturated carbocycles. The van der Waals surface area contributed by atoms with E-state index >= 15 is 0 Å². The van der Waals surface area contributed by atoms with Crippen molar-refractivity contribution in [3.05, 3.63) is 83.0 Å². The predicted molar refractivity (Wildman–Crippen MR) is 163 cm³/mol. The van der Waals surface area contributed by atoms with Crippen LogP contribution in [0.2, 0.25) is 0 Å². The van der Waals surface area contributed by atoms with Gasteiger partial charge in [0, 0.05) is 28.0 Å². The smallest absolute Gasteiger partial charge is 0.193 e. The lowest BCUT2D eigenvalue weighted by Gasteiger charge is -2.59. The molecule has 44 heavy (non-hydrogen) atoms. The summed E-state index contributed by atoms with van der Waals surface area (Å²) in [5, 5.41) is 22.2. The van der Waals surface area contributed by atoms with Crippen LogP contribution in [0.5, 0.6) is 5.75 Å². The maximum Gasteiger partial charge on any atom is 0.193 e. The second-order valence-corrected chi connectivity index (χ2v) is 13.9. The molecule has 0 spiro atoms. The van der Waals surface area contributed by atoms with Crippen molar-refractivity contribution in [3.63, 3.8) is 0 Å². The van der Waals surface area contributed by atoms with Crippen LogP contribution < -0.4 is 10.5 Å². The summed E-state index contributed by atoms with van der Waals surface area (Å²) in [5.41, 5.74) is 7.74. The molecule has 1 saturated heterocycles. The molecular formula is C36H41NO7. The standard InChI is InChI=1S/C36H41NO7/c1-20-7-9-25(42-19-21-5-4-6-23(37)13-21)15-27(20)33-43-31-16-28-26-10-8-22-14-24(39)11-12-34(22,2)32(26)29(40)17-35(28,3)36(31,44-33)30(41)18-38/h4-7,9,11-15,26,28-29,31-33,38,40H,8,10,16-19,37H2,1-3H3/t26-,28-,29-,31+,32+,33+,34-,35-,36+/m0/s1. The quantitative estimate of drug-likeness (QED) is 0.406. The predicted octanol–water partition coefficient (Wildman–Crippen LogP) is 4.76. The Kier molecular flexibility index (Phi) is 6.94. The Morgan fingerprint density at radius 3 is 2.77 bits per heavy atom. The van der Waals surface area contributed by atoms with Gasteiger partial charge in [0.15, 0.2) is 23.5 Å². The molecule has 4 N–H and O–H groups in total. The summed E-state index contributed by atoms with van der Waals surface area (Å²) < 4.78 is 19.5. The van der Waals surface area contributed by atoms with Crippen LogP contribution in [0.25, 0.3) is 0 Å². The van der Waals surface area contributed by atoms with Gasteiger partial charge in [-0.1, -0.05) is 43.7 Å². The van der Waals surface area contributed by atoms with Crippen molar-refractivity contribution in [2.45, 2.75) is 77.2 Å². The monoisotopic (exact) mass is 599 g/mol. The van der Waals surface area contributed by atoms with Gasteiger partial charge in [-0.15, -0.1) is 0 Å². The molecule has 7 rings (SSSR count). The molecule has 232 valence electrons. The Morgan fingerprint density at radius 1 is 1.18 bits per heavy atom. The molecule has 0 unspecified atom stereocenters. The van der Waals surface area contributed by atoms with Crippen molar-refractivity contribution in [3.8, 4) is 5.75 Å². The molecule has 0 bridgehead atoms. The van der Waals surface area contributed by atoms with Crippen LogP contribution in [0.15, 0.2) is 66.3 Å². The second kappa shape index (κ2) is 10.4. The molecular weight excluding hydrogens is 558 g/mol. The largest absolute Gasteiger partial charge is 0.489 e. The number of anilines is 1. The number of carbonyl (C=O) groups is 2.